The van der Waals surface area contributed by atoms with Crippen LogP contribution >= 0.6 is 0 Å². The van der Waals surface area contributed by atoms with Crippen LogP contribution in [0.25, 0.3) is 0 Å². The number of anilines is 1. The van der Waals surface area contributed by atoms with E-state index in [1.165, 1.54) is 6.20 Å². The Kier molecular flexibility index (Phi) is 3.88. The molecule has 0 spiro atoms. The van der Waals surface area contributed by atoms with Crippen LogP contribution in [0.15, 0.2) is 18.3 Å². The third-order valence-electron chi connectivity index (χ3n) is 2.71. The molecule has 1 aromatic heterocycles. The summed E-state index contributed by atoms with van der Waals surface area (Å²) in [7, 11) is 0. The van der Waals surface area contributed by atoms with E-state index in [9.17, 15) is 4.79 Å². The Morgan fingerprint density at radius 3 is 2.81 bits per heavy atom. The van der Waals surface area contributed by atoms with Crippen LogP contribution in [0.1, 0.15) is 37.7 Å². The lowest BCUT2D eigenvalue weighted by Crippen LogP contribution is -2.22. The molecule has 16 heavy (non-hydrogen) atoms. The predicted octanol–water partition coefficient (Wildman–Crippen LogP) is 2.63. The van der Waals surface area contributed by atoms with Gasteiger partial charge < -0.3 is 10.4 Å². The largest absolute Gasteiger partial charge is 0.477 e. The van der Waals surface area contributed by atoms with Crippen LogP contribution in [-0.4, -0.2) is 22.6 Å². The standard InChI is InChI=1S/C12H18N2O2/c1-4-12(2,3)8-14-9-5-6-13-10(7-9)11(15)16/h5-7H,4,8H2,1-3H3,(H,13,14)(H,15,16). The average molecular weight is 222 g/mol. The predicted molar refractivity (Wildman–Crippen MR) is 63.8 cm³/mol. The number of aromatic carboxylic acids is 1. The van der Waals surface area contributed by atoms with Crippen molar-refractivity contribution in [2.75, 3.05) is 11.9 Å². The molecule has 0 amide bonds. The van der Waals surface area contributed by atoms with Gasteiger partial charge in [-0.1, -0.05) is 20.8 Å². The Morgan fingerprint density at radius 1 is 1.56 bits per heavy atom. The second-order valence-corrected chi connectivity index (χ2v) is 4.61. The van der Waals surface area contributed by atoms with Gasteiger partial charge in [-0.05, 0) is 24.0 Å². The monoisotopic (exact) mass is 222 g/mol. The van der Waals surface area contributed by atoms with E-state index in [0.717, 1.165) is 18.7 Å². The Hall–Kier alpha value is -1.58. The molecule has 0 saturated heterocycles. The zero-order chi connectivity index (χ0) is 12.2. The van der Waals surface area contributed by atoms with Gasteiger partial charge >= 0.3 is 5.97 Å². The van der Waals surface area contributed by atoms with Crippen LogP contribution in [0.5, 0.6) is 0 Å². The molecule has 1 heterocycles. The van der Waals surface area contributed by atoms with Crippen molar-refractivity contribution in [1.82, 2.24) is 4.98 Å². The first kappa shape index (κ1) is 12.5. The van der Waals surface area contributed by atoms with Gasteiger partial charge in [-0.15, -0.1) is 0 Å². The minimum atomic E-state index is -1.00. The number of hydrogen-bond donors (Lipinski definition) is 2. The molecule has 0 radical (unpaired) electrons. The van der Waals surface area contributed by atoms with Gasteiger partial charge in [0.05, 0.1) is 0 Å². The van der Waals surface area contributed by atoms with Crippen LogP contribution in [0.3, 0.4) is 0 Å². The first-order chi connectivity index (χ1) is 7.44. The van der Waals surface area contributed by atoms with E-state index in [2.05, 4.69) is 31.1 Å². The molecule has 0 unspecified atom stereocenters. The zero-order valence-electron chi connectivity index (χ0n) is 9.95. The highest BCUT2D eigenvalue weighted by Gasteiger charge is 2.14. The lowest BCUT2D eigenvalue weighted by molar-refractivity contribution is 0.0690. The Balaban J connectivity index is 2.68. The average Bonchev–Trinajstić information content (AvgIpc) is 2.27. The SMILES string of the molecule is CCC(C)(C)CNc1ccnc(C(=O)O)c1. The number of pyridine rings is 1. The highest BCUT2D eigenvalue weighted by molar-refractivity contribution is 5.86. The summed E-state index contributed by atoms with van der Waals surface area (Å²) in [5, 5.41) is 12.0. The van der Waals surface area contributed by atoms with Crippen molar-refractivity contribution in [3.63, 3.8) is 0 Å². The van der Waals surface area contributed by atoms with Crippen LogP contribution in [0, 0.1) is 5.41 Å². The summed E-state index contributed by atoms with van der Waals surface area (Å²) in [5.41, 5.74) is 1.07. The van der Waals surface area contributed by atoms with Gasteiger partial charge in [-0.3, -0.25) is 0 Å². The molecule has 1 aromatic rings. The van der Waals surface area contributed by atoms with Crippen LogP contribution < -0.4 is 5.32 Å². The summed E-state index contributed by atoms with van der Waals surface area (Å²) in [6.45, 7) is 7.28. The van der Waals surface area contributed by atoms with Crippen molar-refractivity contribution < 1.29 is 9.90 Å². The molecule has 0 aliphatic rings. The smallest absolute Gasteiger partial charge is 0.354 e. The number of hydrogen-bond acceptors (Lipinski definition) is 3. The number of aromatic nitrogens is 1. The van der Waals surface area contributed by atoms with E-state index in [1.54, 1.807) is 12.1 Å². The fraction of sp³-hybridized carbons (Fsp3) is 0.500. The van der Waals surface area contributed by atoms with Gasteiger partial charge in [-0.2, -0.15) is 0 Å². The van der Waals surface area contributed by atoms with Crippen LogP contribution in [0.4, 0.5) is 5.69 Å². The first-order valence-electron chi connectivity index (χ1n) is 5.38. The molecule has 0 aliphatic carbocycles. The van der Waals surface area contributed by atoms with Crippen LogP contribution in [0.2, 0.25) is 0 Å². The molecular formula is C12H18N2O2. The summed E-state index contributed by atoms with van der Waals surface area (Å²) < 4.78 is 0. The lowest BCUT2D eigenvalue weighted by atomic mass is 9.90. The molecule has 4 heteroatoms. The van der Waals surface area contributed by atoms with Crippen molar-refractivity contribution in [3.05, 3.63) is 24.0 Å². The van der Waals surface area contributed by atoms with E-state index in [-0.39, 0.29) is 11.1 Å². The number of rotatable bonds is 5. The summed E-state index contributed by atoms with van der Waals surface area (Å²) in [5.74, 6) is -1.00. The Bertz CT molecular complexity index is 375. The second-order valence-electron chi connectivity index (χ2n) is 4.61. The maximum atomic E-state index is 10.7. The second kappa shape index (κ2) is 4.96. The quantitative estimate of drug-likeness (QED) is 0.804. The summed E-state index contributed by atoms with van der Waals surface area (Å²) in [4.78, 5) is 14.5. The van der Waals surface area contributed by atoms with Gasteiger partial charge in [0, 0.05) is 18.4 Å². The van der Waals surface area contributed by atoms with E-state index in [4.69, 9.17) is 5.11 Å². The van der Waals surface area contributed by atoms with Gasteiger partial charge in [0.2, 0.25) is 0 Å². The topological polar surface area (TPSA) is 62.2 Å². The molecule has 2 N–H and O–H groups in total. The summed E-state index contributed by atoms with van der Waals surface area (Å²) in [6.07, 6.45) is 2.57. The molecule has 88 valence electrons. The van der Waals surface area contributed by atoms with Crippen LogP contribution in [-0.2, 0) is 0 Å². The van der Waals surface area contributed by atoms with E-state index < -0.39 is 5.97 Å². The van der Waals surface area contributed by atoms with Crippen molar-refractivity contribution in [2.24, 2.45) is 5.41 Å². The number of carboxylic acid groups (broad SMARTS) is 1. The van der Waals surface area contributed by atoms with Crippen molar-refractivity contribution >= 4 is 11.7 Å². The highest BCUT2D eigenvalue weighted by atomic mass is 16.4. The summed E-state index contributed by atoms with van der Waals surface area (Å²) >= 11 is 0. The van der Waals surface area contributed by atoms with Gasteiger partial charge in [0.25, 0.3) is 0 Å². The van der Waals surface area contributed by atoms with Crippen molar-refractivity contribution in [2.45, 2.75) is 27.2 Å². The van der Waals surface area contributed by atoms with Gasteiger partial charge in [0.15, 0.2) is 0 Å². The molecule has 4 nitrogen and oxygen atoms in total. The minimum Gasteiger partial charge on any atom is -0.477 e. The third-order valence-corrected chi connectivity index (χ3v) is 2.71. The third kappa shape index (κ3) is 3.53. The minimum absolute atomic E-state index is 0.0688. The normalized spacial score (nSPS) is 11.2. The Labute approximate surface area is 95.7 Å². The first-order valence-corrected chi connectivity index (χ1v) is 5.38. The molecule has 0 saturated carbocycles. The van der Waals surface area contributed by atoms with E-state index >= 15 is 0 Å². The molecule has 0 aromatic carbocycles. The maximum Gasteiger partial charge on any atom is 0.354 e. The van der Waals surface area contributed by atoms with Gasteiger partial charge in [-0.25, -0.2) is 9.78 Å². The van der Waals surface area contributed by atoms with E-state index in [1.807, 2.05) is 0 Å². The van der Waals surface area contributed by atoms with E-state index in [0.29, 0.717) is 0 Å². The Morgan fingerprint density at radius 2 is 2.25 bits per heavy atom. The molecule has 1 rings (SSSR count). The number of carboxylic acids is 1. The van der Waals surface area contributed by atoms with Gasteiger partial charge in [0.1, 0.15) is 5.69 Å². The number of nitrogens with zero attached hydrogens (tertiary/aromatic N) is 1. The zero-order valence-corrected chi connectivity index (χ0v) is 9.95. The van der Waals surface area contributed by atoms with Crippen molar-refractivity contribution in [3.8, 4) is 0 Å². The molecule has 0 fully saturated rings. The highest BCUT2D eigenvalue weighted by Crippen LogP contribution is 2.20. The fourth-order valence-corrected chi connectivity index (χ4v) is 1.12. The molecule has 0 atom stereocenters. The fourth-order valence-electron chi connectivity index (χ4n) is 1.12. The molecule has 0 bridgehead atoms. The number of nitrogens with one attached hydrogen (secondary N) is 1. The maximum absolute atomic E-state index is 10.7. The van der Waals surface area contributed by atoms with Crippen molar-refractivity contribution in [1.29, 1.82) is 0 Å². The molecule has 0 aliphatic heterocycles. The summed E-state index contributed by atoms with van der Waals surface area (Å²) in [6, 6.07) is 3.33. The molecular weight excluding hydrogens is 204 g/mol. The lowest BCUT2D eigenvalue weighted by Gasteiger charge is -2.23. The number of carbonyl (C=O) groups is 1.